The third kappa shape index (κ3) is 3.33. The van der Waals surface area contributed by atoms with Gasteiger partial charge < -0.3 is 10.1 Å². The molecule has 0 bridgehead atoms. The van der Waals surface area contributed by atoms with Crippen LogP contribution in [-0.4, -0.2) is 38.1 Å². The zero-order chi connectivity index (χ0) is 12.3. The second-order valence-corrected chi connectivity index (χ2v) is 6.41. The zero-order valence-electron chi connectivity index (χ0n) is 9.72. The Kier molecular flexibility index (Phi) is 3.51. The topological polar surface area (TPSA) is 68.3 Å². The van der Waals surface area contributed by atoms with Gasteiger partial charge in [0, 0.05) is 6.04 Å². The first kappa shape index (κ1) is 12.2. The molecule has 1 atom stereocenters. The van der Waals surface area contributed by atoms with Gasteiger partial charge in [-0.1, -0.05) is 0 Å². The van der Waals surface area contributed by atoms with Crippen LogP contribution in [0.15, 0.2) is 18.3 Å². The minimum absolute atomic E-state index is 0.0327. The molecule has 17 heavy (non-hydrogen) atoms. The van der Waals surface area contributed by atoms with E-state index in [2.05, 4.69) is 10.3 Å². The van der Waals surface area contributed by atoms with E-state index in [1.807, 2.05) is 0 Å². The van der Waals surface area contributed by atoms with Crippen molar-refractivity contribution >= 4 is 15.7 Å². The molecule has 1 aliphatic heterocycles. The van der Waals surface area contributed by atoms with E-state index in [0.29, 0.717) is 17.3 Å². The number of sulfone groups is 1. The Morgan fingerprint density at radius 2 is 2.29 bits per heavy atom. The van der Waals surface area contributed by atoms with Crippen molar-refractivity contribution in [2.24, 2.45) is 0 Å². The molecule has 0 aromatic carbocycles. The summed E-state index contributed by atoms with van der Waals surface area (Å²) in [6.07, 6.45) is 3.20. The Balaban J connectivity index is 2.00. The van der Waals surface area contributed by atoms with Gasteiger partial charge >= 0.3 is 0 Å². The van der Waals surface area contributed by atoms with Crippen LogP contribution < -0.4 is 10.1 Å². The van der Waals surface area contributed by atoms with Crippen LogP contribution in [0.2, 0.25) is 0 Å². The van der Waals surface area contributed by atoms with E-state index in [0.717, 1.165) is 12.8 Å². The number of nitrogens with zero attached hydrogens (tertiary/aromatic N) is 1. The lowest BCUT2D eigenvalue weighted by Gasteiger charge is -2.23. The van der Waals surface area contributed by atoms with Crippen molar-refractivity contribution in [2.45, 2.75) is 18.9 Å². The molecule has 0 spiro atoms. The third-order valence-electron chi connectivity index (χ3n) is 2.79. The smallest absolute Gasteiger partial charge is 0.152 e. The number of hydrogen-bond acceptors (Lipinski definition) is 5. The molecule has 1 fully saturated rings. The summed E-state index contributed by atoms with van der Waals surface area (Å²) >= 11 is 0. The van der Waals surface area contributed by atoms with Crippen molar-refractivity contribution < 1.29 is 13.2 Å². The van der Waals surface area contributed by atoms with Crippen LogP contribution in [0.5, 0.6) is 5.75 Å². The summed E-state index contributed by atoms with van der Waals surface area (Å²) in [7, 11) is -1.30. The van der Waals surface area contributed by atoms with Gasteiger partial charge in [0.05, 0.1) is 24.8 Å². The van der Waals surface area contributed by atoms with Gasteiger partial charge in [0.1, 0.15) is 11.6 Å². The first-order chi connectivity index (χ1) is 8.09. The van der Waals surface area contributed by atoms with E-state index in [1.54, 1.807) is 25.4 Å². The average Bonchev–Trinajstić information content (AvgIpc) is 2.29. The van der Waals surface area contributed by atoms with Crippen LogP contribution in [0.3, 0.4) is 0 Å². The number of nitrogens with one attached hydrogen (secondary N) is 1. The lowest BCUT2D eigenvalue weighted by molar-refractivity contribution is 0.413. The second kappa shape index (κ2) is 4.91. The highest BCUT2D eigenvalue weighted by molar-refractivity contribution is 7.91. The van der Waals surface area contributed by atoms with Gasteiger partial charge in [0.25, 0.3) is 0 Å². The lowest BCUT2D eigenvalue weighted by Crippen LogP contribution is -2.35. The summed E-state index contributed by atoms with van der Waals surface area (Å²) in [6, 6.07) is 3.56. The highest BCUT2D eigenvalue weighted by Crippen LogP contribution is 2.17. The average molecular weight is 256 g/mol. The number of pyridine rings is 1. The summed E-state index contributed by atoms with van der Waals surface area (Å²) in [5, 5.41) is 3.14. The Hall–Kier alpha value is -1.30. The number of hydrogen-bond donors (Lipinski definition) is 1. The van der Waals surface area contributed by atoms with Crippen molar-refractivity contribution in [3.8, 4) is 5.75 Å². The first-order valence-electron chi connectivity index (χ1n) is 5.56. The van der Waals surface area contributed by atoms with E-state index in [1.165, 1.54) is 0 Å². The van der Waals surface area contributed by atoms with E-state index in [9.17, 15) is 8.42 Å². The molecule has 0 saturated carbocycles. The molecule has 1 aliphatic rings. The van der Waals surface area contributed by atoms with Gasteiger partial charge in [0.15, 0.2) is 9.84 Å². The molecule has 2 rings (SSSR count). The Labute approximate surface area is 101 Å². The van der Waals surface area contributed by atoms with E-state index < -0.39 is 9.84 Å². The van der Waals surface area contributed by atoms with Crippen molar-refractivity contribution in [1.29, 1.82) is 0 Å². The third-order valence-corrected chi connectivity index (χ3v) is 4.61. The second-order valence-electron chi connectivity index (χ2n) is 4.18. The molecule has 0 radical (unpaired) electrons. The van der Waals surface area contributed by atoms with Crippen LogP contribution in [-0.2, 0) is 9.84 Å². The Morgan fingerprint density at radius 1 is 1.47 bits per heavy atom. The highest BCUT2D eigenvalue weighted by atomic mass is 32.2. The summed E-state index contributed by atoms with van der Waals surface area (Å²) in [6.45, 7) is 0. The highest BCUT2D eigenvalue weighted by Gasteiger charge is 2.24. The number of aromatic nitrogens is 1. The fourth-order valence-electron chi connectivity index (χ4n) is 1.93. The van der Waals surface area contributed by atoms with Gasteiger partial charge in [0.2, 0.25) is 0 Å². The standard InChI is InChI=1S/C11H16N2O3S/c1-16-10-4-5-11(12-7-10)13-9-3-2-6-17(14,15)8-9/h4-5,7,9H,2-3,6,8H2,1H3,(H,12,13). The maximum atomic E-state index is 11.5. The maximum absolute atomic E-state index is 11.5. The van der Waals surface area contributed by atoms with Crippen LogP contribution in [0.4, 0.5) is 5.82 Å². The monoisotopic (exact) mass is 256 g/mol. The predicted molar refractivity (Wildman–Crippen MR) is 66.1 cm³/mol. The summed E-state index contributed by atoms with van der Waals surface area (Å²) in [5.41, 5.74) is 0. The van der Waals surface area contributed by atoms with Crippen molar-refractivity contribution in [3.05, 3.63) is 18.3 Å². The number of ether oxygens (including phenoxy) is 1. The van der Waals surface area contributed by atoms with Gasteiger partial charge in [-0.05, 0) is 25.0 Å². The molecule has 2 heterocycles. The largest absolute Gasteiger partial charge is 0.495 e. The van der Waals surface area contributed by atoms with Crippen molar-refractivity contribution in [3.63, 3.8) is 0 Å². The van der Waals surface area contributed by atoms with Gasteiger partial charge in [-0.15, -0.1) is 0 Å². The molecule has 0 amide bonds. The molecule has 0 aliphatic carbocycles. The molecule has 1 aromatic rings. The molecule has 94 valence electrons. The molecule has 6 heteroatoms. The molecule has 1 aromatic heterocycles. The number of methoxy groups -OCH3 is 1. The van der Waals surface area contributed by atoms with Gasteiger partial charge in [-0.3, -0.25) is 0 Å². The molecule has 1 N–H and O–H groups in total. The molecule has 5 nitrogen and oxygen atoms in total. The van der Waals surface area contributed by atoms with E-state index in [4.69, 9.17) is 4.74 Å². The fourth-order valence-corrected chi connectivity index (χ4v) is 3.57. The fraction of sp³-hybridized carbons (Fsp3) is 0.545. The lowest BCUT2D eigenvalue weighted by atomic mass is 10.2. The van der Waals surface area contributed by atoms with E-state index in [-0.39, 0.29) is 11.8 Å². The first-order valence-corrected chi connectivity index (χ1v) is 7.38. The van der Waals surface area contributed by atoms with Crippen LogP contribution >= 0.6 is 0 Å². The maximum Gasteiger partial charge on any atom is 0.152 e. The summed E-state index contributed by atoms with van der Waals surface area (Å²) in [4.78, 5) is 4.16. The predicted octanol–water partition coefficient (Wildman–Crippen LogP) is 1.08. The SMILES string of the molecule is COc1ccc(NC2CCCS(=O)(=O)C2)nc1. The minimum Gasteiger partial charge on any atom is -0.495 e. The van der Waals surface area contributed by atoms with Gasteiger partial charge in [-0.2, -0.15) is 0 Å². The van der Waals surface area contributed by atoms with Crippen LogP contribution in [0, 0.1) is 0 Å². The van der Waals surface area contributed by atoms with Gasteiger partial charge in [-0.25, -0.2) is 13.4 Å². The number of rotatable bonds is 3. The minimum atomic E-state index is -2.88. The number of anilines is 1. The zero-order valence-corrected chi connectivity index (χ0v) is 10.5. The van der Waals surface area contributed by atoms with Crippen LogP contribution in [0.25, 0.3) is 0 Å². The molecular formula is C11H16N2O3S. The van der Waals surface area contributed by atoms with Crippen molar-refractivity contribution in [1.82, 2.24) is 4.98 Å². The van der Waals surface area contributed by atoms with E-state index >= 15 is 0 Å². The molecule has 1 unspecified atom stereocenters. The normalized spacial score (nSPS) is 23.0. The van der Waals surface area contributed by atoms with Crippen LogP contribution in [0.1, 0.15) is 12.8 Å². The Morgan fingerprint density at radius 3 is 2.88 bits per heavy atom. The molecule has 1 saturated heterocycles. The summed E-state index contributed by atoms with van der Waals surface area (Å²) < 4.78 is 27.9. The quantitative estimate of drug-likeness (QED) is 0.876. The Bertz CT molecular complexity index is 470. The summed E-state index contributed by atoms with van der Waals surface area (Å²) in [5.74, 6) is 1.88. The van der Waals surface area contributed by atoms with Crippen molar-refractivity contribution in [2.75, 3.05) is 23.9 Å². The molecular weight excluding hydrogens is 240 g/mol.